The third-order valence-corrected chi connectivity index (χ3v) is 6.75. The van der Waals surface area contributed by atoms with Crippen molar-refractivity contribution >= 4 is 22.1 Å². The minimum Gasteiger partial charge on any atom is -0.357 e. The fourth-order valence-corrected chi connectivity index (χ4v) is 5.08. The van der Waals surface area contributed by atoms with E-state index in [-0.39, 0.29) is 0 Å². The second-order valence-corrected chi connectivity index (χ2v) is 8.81. The summed E-state index contributed by atoms with van der Waals surface area (Å²) in [5, 5.41) is 9.23. The lowest BCUT2D eigenvalue weighted by Crippen LogP contribution is -2.05. The summed E-state index contributed by atoms with van der Waals surface area (Å²) >= 11 is 1.67. The average molecular weight is 420 g/mol. The first-order chi connectivity index (χ1) is 14.5. The molecule has 3 heterocycles. The van der Waals surface area contributed by atoms with Crippen molar-refractivity contribution in [2.45, 2.75) is 59.9 Å². The first kappa shape index (κ1) is 20.5. The average Bonchev–Trinajstić information content (AvgIpc) is 3.26. The minimum atomic E-state index is 0.495. The van der Waals surface area contributed by atoms with Gasteiger partial charge in [-0.2, -0.15) is 5.10 Å². The zero-order valence-corrected chi connectivity index (χ0v) is 19.2. The van der Waals surface area contributed by atoms with E-state index in [0.29, 0.717) is 5.92 Å². The molecule has 1 N–H and O–H groups in total. The van der Waals surface area contributed by atoms with Crippen molar-refractivity contribution < 1.29 is 0 Å². The van der Waals surface area contributed by atoms with E-state index in [2.05, 4.69) is 70.3 Å². The highest BCUT2D eigenvalue weighted by molar-refractivity contribution is 7.19. The molecule has 0 atom stereocenters. The number of nitrogens with zero attached hydrogens (tertiary/aromatic N) is 4. The fraction of sp³-hybridized carbons (Fsp3) is 0.375. The molecule has 0 radical (unpaired) electrons. The Kier molecular flexibility index (Phi) is 5.86. The molecule has 0 aliphatic rings. The van der Waals surface area contributed by atoms with Crippen LogP contribution in [-0.2, 0) is 6.54 Å². The third-order valence-electron chi connectivity index (χ3n) is 5.63. The van der Waals surface area contributed by atoms with Gasteiger partial charge in [0.25, 0.3) is 0 Å². The van der Waals surface area contributed by atoms with Crippen molar-refractivity contribution in [3.05, 3.63) is 64.6 Å². The number of nitrogens with one attached hydrogen (secondary N) is 1. The van der Waals surface area contributed by atoms with Gasteiger partial charge in [0, 0.05) is 12.1 Å². The topological polar surface area (TPSA) is 55.1 Å². The highest BCUT2D eigenvalue weighted by atomic mass is 32.1. The van der Waals surface area contributed by atoms with Gasteiger partial charge in [0.2, 0.25) is 0 Å². The molecular weight excluding hydrogens is 390 g/mol. The van der Waals surface area contributed by atoms with Crippen molar-refractivity contribution in [2.75, 3.05) is 5.32 Å². The monoisotopic (exact) mass is 419 g/mol. The Morgan fingerprint density at radius 2 is 1.73 bits per heavy atom. The Hall–Kier alpha value is -2.73. The molecule has 0 unspecified atom stereocenters. The highest BCUT2D eigenvalue weighted by Crippen LogP contribution is 2.37. The molecule has 30 heavy (non-hydrogen) atoms. The Bertz CT molecular complexity index is 1160. The Labute approximate surface area is 182 Å². The van der Waals surface area contributed by atoms with E-state index < -0.39 is 0 Å². The van der Waals surface area contributed by atoms with Crippen LogP contribution in [0.3, 0.4) is 0 Å². The first-order valence-electron chi connectivity index (χ1n) is 10.6. The molecule has 0 saturated heterocycles. The van der Waals surface area contributed by atoms with Crippen LogP contribution in [0.1, 0.15) is 60.8 Å². The molecule has 1 aromatic carbocycles. The van der Waals surface area contributed by atoms with Gasteiger partial charge in [-0.1, -0.05) is 55.5 Å². The number of fused-ring (bicyclic) bond motifs is 1. The van der Waals surface area contributed by atoms with Crippen molar-refractivity contribution in [1.82, 2.24) is 19.6 Å². The molecule has 3 aromatic heterocycles. The van der Waals surface area contributed by atoms with Gasteiger partial charge >= 0.3 is 0 Å². The summed E-state index contributed by atoms with van der Waals surface area (Å²) in [5.74, 6) is 0.495. The molecule has 4 rings (SSSR count). The number of benzene rings is 1. The molecular formula is C24H29N5S. The lowest BCUT2D eigenvalue weighted by molar-refractivity contribution is 0.638. The fourth-order valence-electron chi connectivity index (χ4n) is 4.03. The van der Waals surface area contributed by atoms with Crippen molar-refractivity contribution in [1.29, 1.82) is 0 Å². The van der Waals surface area contributed by atoms with Crippen LogP contribution in [0.4, 0.5) is 5.13 Å². The van der Waals surface area contributed by atoms with Crippen molar-refractivity contribution in [3.63, 3.8) is 0 Å². The molecule has 0 bridgehead atoms. The molecule has 0 fully saturated rings. The third kappa shape index (κ3) is 3.84. The molecule has 0 aliphatic carbocycles. The zero-order chi connectivity index (χ0) is 21.3. The van der Waals surface area contributed by atoms with E-state index in [1.165, 1.54) is 11.1 Å². The maximum Gasteiger partial charge on any atom is 0.183 e. The van der Waals surface area contributed by atoms with Gasteiger partial charge in [-0.15, -0.1) is 0 Å². The normalized spacial score (nSPS) is 11.5. The summed E-state index contributed by atoms with van der Waals surface area (Å²) in [7, 11) is 0. The van der Waals surface area contributed by atoms with Gasteiger partial charge in [0.05, 0.1) is 22.0 Å². The lowest BCUT2D eigenvalue weighted by atomic mass is 9.95. The molecule has 0 saturated carbocycles. The summed E-state index contributed by atoms with van der Waals surface area (Å²) < 4.78 is 2.04. The summed E-state index contributed by atoms with van der Waals surface area (Å²) in [6, 6.07) is 12.6. The highest BCUT2D eigenvalue weighted by Gasteiger charge is 2.22. The smallest absolute Gasteiger partial charge is 0.183 e. The van der Waals surface area contributed by atoms with Crippen LogP contribution in [0.15, 0.2) is 36.4 Å². The quantitative estimate of drug-likeness (QED) is 0.382. The number of hydrogen-bond donors (Lipinski definition) is 1. The minimum absolute atomic E-state index is 0.495. The van der Waals surface area contributed by atoms with Crippen LogP contribution in [0, 0.1) is 20.8 Å². The second-order valence-electron chi connectivity index (χ2n) is 7.81. The Morgan fingerprint density at radius 3 is 2.43 bits per heavy atom. The molecule has 0 aliphatic heterocycles. The molecule has 0 amide bonds. The van der Waals surface area contributed by atoms with Crippen LogP contribution >= 0.6 is 11.3 Å². The van der Waals surface area contributed by atoms with E-state index >= 15 is 0 Å². The number of imidazole rings is 1. The largest absolute Gasteiger partial charge is 0.357 e. The number of aryl methyl sites for hydroxylation is 3. The molecule has 156 valence electrons. The van der Waals surface area contributed by atoms with E-state index in [0.717, 1.165) is 57.8 Å². The summed E-state index contributed by atoms with van der Waals surface area (Å²) in [5.41, 5.74) is 7.61. The predicted molar refractivity (Wildman–Crippen MR) is 125 cm³/mol. The number of hydrogen-bond acceptors (Lipinski definition) is 5. The van der Waals surface area contributed by atoms with E-state index in [9.17, 15) is 0 Å². The standard InChI is InChI=1S/C24H29N5S/c1-6-19(7-2)20-13-15(3)28-29-21(16(4)26-23(20)29)22-17(5)27-24(30-22)25-14-18-11-9-8-10-12-18/h8-13,19H,6-7,14H2,1-5H3,(H,25,27). The number of anilines is 1. The molecule has 6 heteroatoms. The Balaban J connectivity index is 1.75. The van der Waals surface area contributed by atoms with Gasteiger partial charge in [-0.3, -0.25) is 0 Å². The maximum atomic E-state index is 4.95. The lowest BCUT2D eigenvalue weighted by Gasteiger charge is -2.14. The Morgan fingerprint density at radius 1 is 1.00 bits per heavy atom. The van der Waals surface area contributed by atoms with Crippen LogP contribution < -0.4 is 5.32 Å². The predicted octanol–water partition coefficient (Wildman–Crippen LogP) is 6.29. The molecule has 0 spiro atoms. The van der Waals surface area contributed by atoms with Crippen LogP contribution in [0.25, 0.3) is 16.2 Å². The van der Waals surface area contributed by atoms with Crippen molar-refractivity contribution in [2.24, 2.45) is 0 Å². The maximum absolute atomic E-state index is 4.95. The van der Waals surface area contributed by atoms with Gasteiger partial charge in [-0.05, 0) is 51.2 Å². The SMILES string of the molecule is CCC(CC)c1cc(C)nn2c(-c3sc(NCc4ccccc4)nc3C)c(C)nc12. The van der Waals surface area contributed by atoms with Gasteiger partial charge in [0.1, 0.15) is 5.69 Å². The number of rotatable bonds is 7. The van der Waals surface area contributed by atoms with Gasteiger partial charge in [0.15, 0.2) is 10.8 Å². The van der Waals surface area contributed by atoms with Crippen LogP contribution in [-0.4, -0.2) is 19.6 Å². The van der Waals surface area contributed by atoms with E-state index in [1.807, 2.05) is 10.6 Å². The summed E-state index contributed by atoms with van der Waals surface area (Å²) in [4.78, 5) is 10.9. The van der Waals surface area contributed by atoms with E-state index in [1.54, 1.807) is 11.3 Å². The zero-order valence-electron chi connectivity index (χ0n) is 18.4. The first-order valence-corrected chi connectivity index (χ1v) is 11.5. The molecule has 4 aromatic rings. The summed E-state index contributed by atoms with van der Waals surface area (Å²) in [6.45, 7) is 11.5. The van der Waals surface area contributed by atoms with Crippen LogP contribution in [0.2, 0.25) is 0 Å². The number of aromatic nitrogens is 4. The van der Waals surface area contributed by atoms with E-state index in [4.69, 9.17) is 15.1 Å². The second kappa shape index (κ2) is 8.56. The number of thiazole rings is 1. The van der Waals surface area contributed by atoms with Gasteiger partial charge < -0.3 is 5.32 Å². The van der Waals surface area contributed by atoms with Crippen molar-refractivity contribution in [3.8, 4) is 10.6 Å². The summed E-state index contributed by atoms with van der Waals surface area (Å²) in [6.07, 6.45) is 2.20. The van der Waals surface area contributed by atoms with Gasteiger partial charge in [-0.25, -0.2) is 14.5 Å². The van der Waals surface area contributed by atoms with Crippen LogP contribution in [0.5, 0.6) is 0 Å². The molecule has 5 nitrogen and oxygen atoms in total.